The van der Waals surface area contributed by atoms with Gasteiger partial charge < -0.3 is 15.0 Å². The number of hydrogen-bond donors (Lipinski definition) is 2. The number of nitrogens with one attached hydrogen (secondary N) is 2. The molecule has 5 rings (SSSR count). The van der Waals surface area contributed by atoms with Gasteiger partial charge in [0.05, 0.1) is 6.04 Å². The molecule has 1 aliphatic heterocycles. The molecule has 43 heavy (non-hydrogen) atoms. The summed E-state index contributed by atoms with van der Waals surface area (Å²) in [5.74, 6) is -0.169. The van der Waals surface area contributed by atoms with Crippen LogP contribution >= 0.6 is 0 Å². The third-order valence-corrected chi connectivity index (χ3v) is 9.16. The van der Waals surface area contributed by atoms with E-state index in [-0.39, 0.29) is 31.6 Å². The minimum Gasteiger partial charge on any atom is -0.444 e. The number of benzene rings is 4. The van der Waals surface area contributed by atoms with Crippen LogP contribution < -0.4 is 14.9 Å². The Hall–Kier alpha value is -4.41. The lowest BCUT2D eigenvalue weighted by molar-refractivity contribution is 0.0939. The van der Waals surface area contributed by atoms with Crippen LogP contribution in [-0.4, -0.2) is 50.9 Å². The van der Waals surface area contributed by atoms with Crippen molar-refractivity contribution in [2.24, 2.45) is 0 Å². The molecule has 0 aromatic heterocycles. The normalized spacial score (nSPS) is 15.0. The third-order valence-electron chi connectivity index (χ3n) is 7.69. The second kappa shape index (κ2) is 13.3. The van der Waals surface area contributed by atoms with Gasteiger partial charge in [-0.25, -0.2) is 9.52 Å². The summed E-state index contributed by atoms with van der Waals surface area (Å²) in [5, 5.41) is 5.38. The number of ether oxygens (including phenoxy) is 1. The van der Waals surface area contributed by atoms with Crippen LogP contribution in [-0.2, 0) is 21.6 Å². The van der Waals surface area contributed by atoms with Crippen molar-refractivity contribution in [1.29, 1.82) is 0 Å². The van der Waals surface area contributed by atoms with E-state index < -0.39 is 16.3 Å². The first-order valence-electron chi connectivity index (χ1n) is 14.3. The minimum absolute atomic E-state index is 0.0278. The maximum atomic E-state index is 13.4. The zero-order valence-corrected chi connectivity index (χ0v) is 25.1. The second-order valence-electron chi connectivity index (χ2n) is 10.7. The van der Waals surface area contributed by atoms with Gasteiger partial charge in [0.1, 0.15) is 6.61 Å². The molecule has 0 spiro atoms. The van der Waals surface area contributed by atoms with Crippen molar-refractivity contribution in [1.82, 2.24) is 14.3 Å². The van der Waals surface area contributed by atoms with Crippen LogP contribution in [0.3, 0.4) is 0 Å². The minimum atomic E-state index is -4.08. The Morgan fingerprint density at radius 1 is 0.884 bits per heavy atom. The molecule has 0 bridgehead atoms. The van der Waals surface area contributed by atoms with Crippen molar-refractivity contribution in [3.05, 3.63) is 113 Å². The van der Waals surface area contributed by atoms with Crippen molar-refractivity contribution in [2.75, 3.05) is 31.1 Å². The first-order valence-corrected chi connectivity index (χ1v) is 15.8. The fourth-order valence-corrected chi connectivity index (χ4v) is 6.44. The van der Waals surface area contributed by atoms with Gasteiger partial charge >= 0.3 is 16.3 Å². The van der Waals surface area contributed by atoms with Crippen LogP contribution in [0.15, 0.2) is 91.0 Å². The van der Waals surface area contributed by atoms with Crippen molar-refractivity contribution < 1.29 is 22.7 Å². The maximum Gasteiger partial charge on any atom is 0.422 e. The molecule has 224 valence electrons. The number of amides is 2. The van der Waals surface area contributed by atoms with Crippen LogP contribution in [0.2, 0.25) is 0 Å². The Labute approximate surface area is 252 Å². The van der Waals surface area contributed by atoms with E-state index in [0.717, 1.165) is 33.2 Å². The van der Waals surface area contributed by atoms with Gasteiger partial charge in [0, 0.05) is 37.4 Å². The molecule has 1 heterocycles. The predicted molar refractivity (Wildman–Crippen MR) is 168 cm³/mol. The second-order valence-corrected chi connectivity index (χ2v) is 12.3. The molecular formula is C33H36N4O5S. The number of anilines is 1. The average molecular weight is 601 g/mol. The van der Waals surface area contributed by atoms with Crippen molar-refractivity contribution in [3.8, 4) is 0 Å². The van der Waals surface area contributed by atoms with E-state index in [4.69, 9.17) is 4.74 Å². The number of rotatable bonds is 8. The summed E-state index contributed by atoms with van der Waals surface area (Å²) in [4.78, 5) is 27.7. The first kappa shape index (κ1) is 30.1. The van der Waals surface area contributed by atoms with Crippen molar-refractivity contribution in [3.63, 3.8) is 0 Å². The van der Waals surface area contributed by atoms with E-state index in [1.807, 2.05) is 79.2 Å². The van der Waals surface area contributed by atoms with Gasteiger partial charge in [-0.15, -0.1) is 0 Å². The standard InChI is InChI=1S/C33H36N4O5S/c1-24-16-17-28(22-31(24)32(38)34-25(2)29-15-8-13-27-12-6-7-14-30(27)29)36-18-9-19-37(21-20-36)43(40,41)35-33(39)42-23-26-10-4-3-5-11-26/h3-8,10-17,22,25H,9,18-21,23H2,1-2H3,(H,34,38)(H,35,39)/t25-/m1/s1. The van der Waals surface area contributed by atoms with E-state index in [0.29, 0.717) is 25.1 Å². The zero-order chi connectivity index (χ0) is 30.4. The molecule has 9 nitrogen and oxygen atoms in total. The molecule has 0 unspecified atom stereocenters. The first-order chi connectivity index (χ1) is 20.7. The molecule has 4 aromatic carbocycles. The van der Waals surface area contributed by atoms with Gasteiger partial charge in [-0.05, 0) is 59.9 Å². The molecular weight excluding hydrogens is 564 g/mol. The fraction of sp³-hybridized carbons (Fsp3) is 0.273. The van der Waals surface area contributed by atoms with Crippen LogP contribution in [0, 0.1) is 6.92 Å². The average Bonchev–Trinajstić information content (AvgIpc) is 3.27. The summed E-state index contributed by atoms with van der Waals surface area (Å²) >= 11 is 0. The molecule has 4 aromatic rings. The number of nitrogens with zero attached hydrogens (tertiary/aromatic N) is 2. The Balaban J connectivity index is 1.22. The molecule has 2 N–H and O–H groups in total. The quantitative estimate of drug-likeness (QED) is 0.283. The van der Waals surface area contributed by atoms with E-state index >= 15 is 0 Å². The van der Waals surface area contributed by atoms with Gasteiger partial charge in [-0.1, -0.05) is 78.9 Å². The maximum absolute atomic E-state index is 13.4. The number of fused-ring (bicyclic) bond motifs is 1. The van der Waals surface area contributed by atoms with Crippen LogP contribution in [0.25, 0.3) is 10.8 Å². The number of carbonyl (C=O) groups is 2. The SMILES string of the molecule is Cc1ccc(N2CCCN(S(=O)(=O)NC(=O)OCc3ccccc3)CC2)cc1C(=O)N[C@H](C)c1cccc2ccccc12. The Kier molecular flexibility index (Phi) is 9.27. The third kappa shape index (κ3) is 7.33. The van der Waals surface area contributed by atoms with Gasteiger partial charge in [0.2, 0.25) is 0 Å². The smallest absolute Gasteiger partial charge is 0.422 e. The monoisotopic (exact) mass is 600 g/mol. The molecule has 0 aliphatic carbocycles. The lowest BCUT2D eigenvalue weighted by Crippen LogP contribution is -2.45. The highest BCUT2D eigenvalue weighted by molar-refractivity contribution is 7.87. The molecule has 10 heteroatoms. The molecule has 0 saturated carbocycles. The largest absolute Gasteiger partial charge is 0.444 e. The van der Waals surface area contributed by atoms with Gasteiger partial charge in [-0.3, -0.25) is 4.79 Å². The van der Waals surface area contributed by atoms with Gasteiger partial charge in [0.25, 0.3) is 5.91 Å². The number of aryl methyl sites for hydroxylation is 1. The number of hydrogen-bond acceptors (Lipinski definition) is 6. The van der Waals surface area contributed by atoms with E-state index in [9.17, 15) is 18.0 Å². The topological polar surface area (TPSA) is 108 Å². The molecule has 0 radical (unpaired) electrons. The van der Waals surface area contributed by atoms with Crippen molar-refractivity contribution >= 4 is 38.7 Å². The molecule has 1 atom stereocenters. The van der Waals surface area contributed by atoms with Gasteiger partial charge in [0.15, 0.2) is 0 Å². The van der Waals surface area contributed by atoms with Crippen LogP contribution in [0.1, 0.15) is 46.4 Å². The highest BCUT2D eigenvalue weighted by Gasteiger charge is 2.28. The summed E-state index contributed by atoms with van der Waals surface area (Å²) in [6, 6.07) is 28.8. The summed E-state index contributed by atoms with van der Waals surface area (Å²) in [6.07, 6.45) is -0.468. The Morgan fingerprint density at radius 3 is 2.44 bits per heavy atom. The van der Waals surface area contributed by atoms with Crippen LogP contribution in [0.5, 0.6) is 0 Å². The lowest BCUT2D eigenvalue weighted by Gasteiger charge is -2.25. The predicted octanol–water partition coefficient (Wildman–Crippen LogP) is 5.32. The molecule has 1 saturated heterocycles. The highest BCUT2D eigenvalue weighted by Crippen LogP contribution is 2.26. The van der Waals surface area contributed by atoms with Crippen molar-refractivity contribution in [2.45, 2.75) is 32.9 Å². The fourth-order valence-electron chi connectivity index (χ4n) is 5.35. The van der Waals surface area contributed by atoms with E-state index in [1.165, 1.54) is 4.31 Å². The Morgan fingerprint density at radius 2 is 1.63 bits per heavy atom. The summed E-state index contributed by atoms with van der Waals surface area (Å²) in [7, 11) is -4.08. The Bertz CT molecular complexity index is 1710. The zero-order valence-electron chi connectivity index (χ0n) is 24.3. The summed E-state index contributed by atoms with van der Waals surface area (Å²) in [6.45, 7) is 5.28. The molecule has 1 aliphatic rings. The van der Waals surface area contributed by atoms with Crippen LogP contribution in [0.4, 0.5) is 10.5 Å². The molecule has 2 amide bonds. The molecule has 1 fully saturated rings. The summed E-state index contributed by atoms with van der Waals surface area (Å²) < 4.78 is 34.2. The van der Waals surface area contributed by atoms with E-state index in [2.05, 4.69) is 28.4 Å². The van der Waals surface area contributed by atoms with E-state index in [1.54, 1.807) is 12.1 Å². The highest BCUT2D eigenvalue weighted by atomic mass is 32.2. The summed E-state index contributed by atoms with van der Waals surface area (Å²) in [5.41, 5.74) is 4.06. The number of carbonyl (C=O) groups excluding carboxylic acids is 2. The van der Waals surface area contributed by atoms with Gasteiger partial charge in [-0.2, -0.15) is 12.7 Å². The lowest BCUT2D eigenvalue weighted by atomic mass is 9.99.